The van der Waals surface area contributed by atoms with E-state index in [9.17, 15) is 0 Å². The molecule has 1 heterocycles. The summed E-state index contributed by atoms with van der Waals surface area (Å²) >= 11 is 1.64. The van der Waals surface area contributed by atoms with Gasteiger partial charge in [-0.2, -0.15) is 0 Å². The molecule has 3 N–H and O–H groups in total. The quantitative estimate of drug-likeness (QED) is 0.435. The molecule has 4 nitrogen and oxygen atoms in total. The fourth-order valence-corrected chi connectivity index (χ4v) is 2.86. The lowest BCUT2D eigenvalue weighted by Gasteiger charge is -2.19. The van der Waals surface area contributed by atoms with Gasteiger partial charge in [-0.3, -0.25) is 10.4 Å². The second-order valence-electron chi connectivity index (χ2n) is 5.76. The van der Waals surface area contributed by atoms with Crippen LogP contribution in [-0.4, -0.2) is 30.6 Å². The highest BCUT2D eigenvalue weighted by Crippen LogP contribution is 2.27. The Bertz CT molecular complexity index is 824. The number of hydrogen-bond acceptors (Lipinski definition) is 3. The number of allylic oxidation sites excluding steroid dienone is 8. The van der Waals surface area contributed by atoms with Gasteiger partial charge in [0, 0.05) is 23.3 Å². The normalized spacial score (nSPS) is 16.8. The molecule has 0 saturated carbocycles. The molecule has 0 atom stereocenters. The first-order chi connectivity index (χ1) is 12.6. The Morgan fingerprint density at radius 2 is 2.08 bits per heavy atom. The van der Waals surface area contributed by atoms with Crippen molar-refractivity contribution < 1.29 is 9.88 Å². The summed E-state index contributed by atoms with van der Waals surface area (Å²) in [6.07, 6.45) is 17.8. The molecule has 0 saturated heterocycles. The number of nitrogens with zero attached hydrogens (tertiary/aromatic N) is 2. The number of hydrogen-bond donors (Lipinski definition) is 2. The van der Waals surface area contributed by atoms with Crippen LogP contribution in [0.2, 0.25) is 0 Å². The van der Waals surface area contributed by atoms with Crippen LogP contribution in [-0.2, 0) is 7.05 Å². The van der Waals surface area contributed by atoms with E-state index in [2.05, 4.69) is 12.7 Å². The van der Waals surface area contributed by atoms with Crippen molar-refractivity contribution in [2.45, 2.75) is 0 Å². The molecule has 0 spiro atoms. The van der Waals surface area contributed by atoms with E-state index in [1.807, 2.05) is 79.2 Å². The molecule has 0 amide bonds. The number of pyridine rings is 1. The van der Waals surface area contributed by atoms with Gasteiger partial charge >= 0.3 is 0 Å². The lowest BCUT2D eigenvalue weighted by molar-refractivity contribution is -0.671. The number of nitrogens with two attached hydrogens (primary N) is 1. The minimum atomic E-state index is 0.453. The van der Waals surface area contributed by atoms with E-state index >= 15 is 0 Å². The number of thioether (sulfide) groups is 1. The molecule has 0 bridgehead atoms. The summed E-state index contributed by atoms with van der Waals surface area (Å²) in [4.78, 5) is 4.69. The number of aliphatic imine (C=N–C) groups is 1. The minimum absolute atomic E-state index is 0.453. The van der Waals surface area contributed by atoms with Crippen LogP contribution in [0.4, 0.5) is 0 Å². The van der Waals surface area contributed by atoms with Gasteiger partial charge in [0.1, 0.15) is 7.05 Å². The summed E-state index contributed by atoms with van der Waals surface area (Å²) in [6.45, 7) is 3.82. The SMILES string of the molecule is C=CC=C(C=C[NH2+]C)C1=CC=C(c2cc[n+](C)cc2)C(=N)C1=NCSC. The maximum Gasteiger partial charge on any atom is 0.169 e. The van der Waals surface area contributed by atoms with Crippen LogP contribution in [0.3, 0.4) is 0 Å². The number of rotatable bonds is 7. The van der Waals surface area contributed by atoms with E-state index in [-0.39, 0.29) is 0 Å². The molecule has 0 unspecified atom stereocenters. The minimum Gasteiger partial charge on any atom is -0.322 e. The molecular formula is C21H26N4S+2. The van der Waals surface area contributed by atoms with Gasteiger partial charge < -0.3 is 5.32 Å². The molecule has 1 aromatic rings. The fourth-order valence-electron chi connectivity index (χ4n) is 2.60. The molecular weight excluding hydrogens is 340 g/mol. The van der Waals surface area contributed by atoms with Crippen LogP contribution in [0.25, 0.3) is 5.57 Å². The van der Waals surface area contributed by atoms with E-state index in [1.165, 1.54) is 0 Å². The third-order valence-electron chi connectivity index (χ3n) is 3.90. The lowest BCUT2D eigenvalue weighted by atomic mass is 9.86. The molecule has 0 aromatic carbocycles. The summed E-state index contributed by atoms with van der Waals surface area (Å²) in [5, 5.41) is 10.7. The first kappa shape index (κ1) is 19.8. The van der Waals surface area contributed by atoms with Crippen molar-refractivity contribution in [3.63, 3.8) is 0 Å². The standard InChI is InChI=1S/C21H25N4S/c1-5-6-16(9-12-23-2)19-8-7-18(17-10-13-25(3)14-11-17)20(22)21(19)24-15-26-4/h5-14,22-23H,1,15H2,2-4H3/q+1/p+1. The fraction of sp³-hybridized carbons (Fsp3) is 0.190. The highest BCUT2D eigenvalue weighted by Gasteiger charge is 2.23. The Hall–Kier alpha value is -2.50. The summed E-state index contributed by atoms with van der Waals surface area (Å²) in [5.41, 5.74) is 5.03. The molecule has 1 aromatic heterocycles. The van der Waals surface area contributed by atoms with Crippen LogP contribution in [0.15, 0.2) is 83.8 Å². The van der Waals surface area contributed by atoms with Crippen molar-refractivity contribution in [3.05, 3.63) is 84.4 Å². The molecule has 5 heteroatoms. The van der Waals surface area contributed by atoms with E-state index in [0.29, 0.717) is 11.6 Å². The molecule has 0 aliphatic heterocycles. The molecule has 0 fully saturated rings. The van der Waals surface area contributed by atoms with Gasteiger partial charge in [0.25, 0.3) is 0 Å². The monoisotopic (exact) mass is 366 g/mol. The van der Waals surface area contributed by atoms with Crippen LogP contribution < -0.4 is 9.88 Å². The van der Waals surface area contributed by atoms with E-state index < -0.39 is 0 Å². The topological polar surface area (TPSA) is 56.7 Å². The largest absolute Gasteiger partial charge is 0.322 e. The van der Waals surface area contributed by atoms with Crippen molar-refractivity contribution in [1.29, 1.82) is 5.41 Å². The van der Waals surface area contributed by atoms with Crippen LogP contribution >= 0.6 is 11.8 Å². The lowest BCUT2D eigenvalue weighted by Crippen LogP contribution is -2.72. The Morgan fingerprint density at radius 3 is 2.69 bits per heavy atom. The van der Waals surface area contributed by atoms with Gasteiger partial charge in [0.15, 0.2) is 12.4 Å². The number of aryl methyl sites for hydroxylation is 1. The first-order valence-corrected chi connectivity index (χ1v) is 9.81. The summed E-state index contributed by atoms with van der Waals surface area (Å²) < 4.78 is 1.98. The Morgan fingerprint density at radius 1 is 1.35 bits per heavy atom. The van der Waals surface area contributed by atoms with Gasteiger partial charge in [-0.25, -0.2) is 4.57 Å². The van der Waals surface area contributed by atoms with E-state index in [0.717, 1.165) is 28.0 Å². The van der Waals surface area contributed by atoms with Gasteiger partial charge in [-0.05, 0) is 23.5 Å². The van der Waals surface area contributed by atoms with Gasteiger partial charge in [0.05, 0.1) is 30.5 Å². The molecule has 26 heavy (non-hydrogen) atoms. The molecule has 1 aliphatic rings. The van der Waals surface area contributed by atoms with Crippen molar-refractivity contribution in [2.24, 2.45) is 12.0 Å². The number of quaternary nitrogens is 1. The second kappa shape index (κ2) is 9.85. The van der Waals surface area contributed by atoms with Gasteiger partial charge in [0.2, 0.25) is 0 Å². The summed E-state index contributed by atoms with van der Waals surface area (Å²) in [7, 11) is 3.96. The molecule has 2 rings (SSSR count). The average Bonchev–Trinajstić information content (AvgIpc) is 2.65. The van der Waals surface area contributed by atoms with Crippen molar-refractivity contribution in [2.75, 3.05) is 19.2 Å². The Labute approximate surface area is 159 Å². The summed E-state index contributed by atoms with van der Waals surface area (Å²) in [5.74, 6) is 0.622. The molecule has 134 valence electrons. The van der Waals surface area contributed by atoms with E-state index in [4.69, 9.17) is 10.4 Å². The van der Waals surface area contributed by atoms with Crippen molar-refractivity contribution in [3.8, 4) is 0 Å². The van der Waals surface area contributed by atoms with Crippen molar-refractivity contribution in [1.82, 2.24) is 0 Å². The zero-order valence-corrected chi connectivity index (χ0v) is 16.4. The maximum atomic E-state index is 8.76. The Balaban J connectivity index is 2.55. The second-order valence-corrected chi connectivity index (χ2v) is 6.60. The third-order valence-corrected chi connectivity index (χ3v) is 4.28. The predicted octanol–water partition coefficient (Wildman–Crippen LogP) is 2.44. The third kappa shape index (κ3) is 4.77. The zero-order valence-electron chi connectivity index (χ0n) is 15.6. The predicted molar refractivity (Wildman–Crippen MR) is 112 cm³/mol. The van der Waals surface area contributed by atoms with E-state index in [1.54, 1.807) is 17.8 Å². The smallest absolute Gasteiger partial charge is 0.169 e. The van der Waals surface area contributed by atoms with Gasteiger partial charge in [-0.15, -0.1) is 11.8 Å². The van der Waals surface area contributed by atoms with Crippen molar-refractivity contribution >= 4 is 28.8 Å². The number of nitrogens with one attached hydrogen (secondary N) is 1. The zero-order chi connectivity index (χ0) is 18.9. The van der Waals surface area contributed by atoms with Gasteiger partial charge in [-0.1, -0.05) is 30.9 Å². The highest BCUT2D eigenvalue weighted by atomic mass is 32.2. The molecule has 1 aliphatic carbocycles. The maximum absolute atomic E-state index is 8.76. The first-order valence-electron chi connectivity index (χ1n) is 8.42. The Kier molecular flexibility index (Phi) is 7.51. The highest BCUT2D eigenvalue weighted by molar-refractivity contribution is 7.98. The number of aromatic nitrogens is 1. The van der Waals surface area contributed by atoms with Crippen LogP contribution in [0.1, 0.15) is 5.56 Å². The summed E-state index contributed by atoms with van der Waals surface area (Å²) in [6, 6.07) is 4.05. The average molecular weight is 367 g/mol. The van der Waals surface area contributed by atoms with Crippen LogP contribution in [0, 0.1) is 5.41 Å². The van der Waals surface area contributed by atoms with Crippen LogP contribution in [0.5, 0.6) is 0 Å². The molecule has 0 radical (unpaired) electrons.